The molecule has 0 aliphatic carbocycles. The Balaban J connectivity index is 1.74. The maximum atomic E-state index is 11.9. The van der Waals surface area contributed by atoms with Crippen LogP contribution in [0.3, 0.4) is 0 Å². The van der Waals surface area contributed by atoms with E-state index in [1.54, 1.807) is 24.3 Å². The molecule has 28 heavy (non-hydrogen) atoms. The number of hydrogen-bond acceptors (Lipinski definition) is 5. The van der Waals surface area contributed by atoms with Crippen molar-refractivity contribution in [2.75, 3.05) is 13.2 Å². The Morgan fingerprint density at radius 1 is 0.607 bits per heavy atom. The summed E-state index contributed by atoms with van der Waals surface area (Å²) < 4.78 is 10.4. The van der Waals surface area contributed by atoms with Crippen LogP contribution in [-0.2, 0) is 12.8 Å². The number of carbonyl (C=O) groups is 1. The van der Waals surface area contributed by atoms with Gasteiger partial charge in [-0.25, -0.2) is 4.79 Å². The molecule has 2 aromatic carbocycles. The van der Waals surface area contributed by atoms with Crippen molar-refractivity contribution >= 4 is 6.16 Å². The lowest BCUT2D eigenvalue weighted by molar-refractivity contribution is 0.152. The molecule has 2 aromatic rings. The van der Waals surface area contributed by atoms with Gasteiger partial charge in [-0.2, -0.15) is 0 Å². The van der Waals surface area contributed by atoms with Crippen LogP contribution >= 0.6 is 0 Å². The molecule has 0 aliphatic rings. The highest BCUT2D eigenvalue weighted by molar-refractivity contribution is 5.67. The Kier molecular flexibility index (Phi) is 10.1. The van der Waals surface area contributed by atoms with E-state index in [0.29, 0.717) is 11.5 Å². The molecule has 2 rings (SSSR count). The van der Waals surface area contributed by atoms with Gasteiger partial charge >= 0.3 is 6.16 Å². The van der Waals surface area contributed by atoms with Crippen LogP contribution < -0.4 is 9.47 Å². The Bertz CT molecular complexity index is 620. The van der Waals surface area contributed by atoms with E-state index < -0.39 is 6.16 Å². The van der Waals surface area contributed by atoms with Crippen LogP contribution in [-0.4, -0.2) is 29.6 Å². The van der Waals surface area contributed by atoms with Crippen LogP contribution in [0, 0.1) is 0 Å². The fraction of sp³-hybridized carbons (Fsp3) is 0.435. The lowest BCUT2D eigenvalue weighted by Gasteiger charge is -2.07. The van der Waals surface area contributed by atoms with Crippen molar-refractivity contribution in [3.8, 4) is 11.5 Å². The predicted octanol–water partition coefficient (Wildman–Crippen LogP) is 4.67. The van der Waals surface area contributed by atoms with Crippen molar-refractivity contribution in [1.82, 2.24) is 0 Å². The number of unbranched alkanes of at least 4 members (excludes halogenated alkanes) is 4. The maximum absolute atomic E-state index is 11.9. The Labute approximate surface area is 166 Å². The molecule has 2 N–H and O–H groups in total. The number of aryl methyl sites for hydroxylation is 2. The van der Waals surface area contributed by atoms with Crippen molar-refractivity contribution in [3.05, 3.63) is 59.7 Å². The van der Waals surface area contributed by atoms with Crippen molar-refractivity contribution in [2.24, 2.45) is 0 Å². The van der Waals surface area contributed by atoms with E-state index >= 15 is 0 Å². The molecule has 5 heteroatoms. The molecule has 0 fully saturated rings. The first-order valence-electron chi connectivity index (χ1n) is 10.0. The van der Waals surface area contributed by atoms with Gasteiger partial charge in [0.2, 0.25) is 0 Å². The van der Waals surface area contributed by atoms with Crippen LogP contribution in [0.25, 0.3) is 0 Å². The molecular formula is C23H30O5. The molecule has 0 aromatic heterocycles. The molecule has 0 amide bonds. The number of hydrogen-bond donors (Lipinski definition) is 2. The monoisotopic (exact) mass is 386 g/mol. The number of carbonyl (C=O) groups excluding carboxylic acids is 1. The molecular weight excluding hydrogens is 356 g/mol. The van der Waals surface area contributed by atoms with Gasteiger partial charge in [-0.05, 0) is 73.9 Å². The minimum atomic E-state index is -0.758. The van der Waals surface area contributed by atoms with Gasteiger partial charge in [-0.1, -0.05) is 37.1 Å². The summed E-state index contributed by atoms with van der Waals surface area (Å²) in [6, 6.07) is 14.8. The second-order valence-corrected chi connectivity index (χ2v) is 6.81. The summed E-state index contributed by atoms with van der Waals surface area (Å²) in [7, 11) is 0. The Hall–Kier alpha value is -2.37. The normalized spacial score (nSPS) is 10.6. The summed E-state index contributed by atoms with van der Waals surface area (Å²) in [6.07, 6.45) is 6.85. The molecule has 0 atom stereocenters. The molecule has 152 valence electrons. The summed E-state index contributed by atoms with van der Waals surface area (Å²) in [5.74, 6) is 0.897. The zero-order valence-corrected chi connectivity index (χ0v) is 16.3. The Morgan fingerprint density at radius 3 is 1.36 bits per heavy atom. The average molecular weight is 386 g/mol. The van der Waals surface area contributed by atoms with Crippen LogP contribution in [0.5, 0.6) is 11.5 Å². The predicted molar refractivity (Wildman–Crippen MR) is 109 cm³/mol. The maximum Gasteiger partial charge on any atom is 0.519 e. The second-order valence-electron chi connectivity index (χ2n) is 6.81. The molecule has 0 aliphatic heterocycles. The summed E-state index contributed by atoms with van der Waals surface area (Å²) in [6.45, 7) is 0.477. The highest BCUT2D eigenvalue weighted by Gasteiger charge is 2.08. The summed E-state index contributed by atoms with van der Waals surface area (Å²) in [5, 5.41) is 17.6. The average Bonchev–Trinajstić information content (AvgIpc) is 2.71. The smallest absolute Gasteiger partial charge is 0.396 e. The topological polar surface area (TPSA) is 76.0 Å². The molecule has 0 spiro atoms. The minimum Gasteiger partial charge on any atom is -0.396 e. The lowest BCUT2D eigenvalue weighted by atomic mass is 10.1. The number of rotatable bonds is 12. The van der Waals surface area contributed by atoms with Gasteiger partial charge in [0, 0.05) is 13.2 Å². The first-order valence-corrected chi connectivity index (χ1v) is 10.0. The molecule has 0 saturated heterocycles. The largest absolute Gasteiger partial charge is 0.519 e. The molecule has 0 saturated carbocycles. The van der Waals surface area contributed by atoms with Crippen molar-refractivity contribution in [3.63, 3.8) is 0 Å². The van der Waals surface area contributed by atoms with E-state index in [1.807, 2.05) is 24.3 Å². The molecule has 5 nitrogen and oxygen atoms in total. The van der Waals surface area contributed by atoms with Gasteiger partial charge in [-0.3, -0.25) is 0 Å². The number of ether oxygens (including phenoxy) is 2. The van der Waals surface area contributed by atoms with Crippen LogP contribution in [0.2, 0.25) is 0 Å². The standard InChI is InChI=1S/C23H30O5/c24-17-5-1-3-7-19-9-13-21(14-10-19)27-23(26)28-22-15-11-20(12-16-22)8-4-2-6-18-25/h9-16,24-25H,1-8,17-18H2. The molecule has 0 bridgehead atoms. The van der Waals surface area contributed by atoms with E-state index in [-0.39, 0.29) is 13.2 Å². The van der Waals surface area contributed by atoms with E-state index in [4.69, 9.17) is 19.7 Å². The van der Waals surface area contributed by atoms with Crippen LogP contribution in [0.15, 0.2) is 48.5 Å². The summed E-state index contributed by atoms with van der Waals surface area (Å²) >= 11 is 0. The van der Waals surface area contributed by atoms with Crippen LogP contribution in [0.1, 0.15) is 49.7 Å². The Morgan fingerprint density at radius 2 is 1.00 bits per heavy atom. The fourth-order valence-corrected chi connectivity index (χ4v) is 2.90. The van der Waals surface area contributed by atoms with E-state index in [1.165, 1.54) is 11.1 Å². The molecule has 0 unspecified atom stereocenters. The van der Waals surface area contributed by atoms with Gasteiger partial charge in [-0.15, -0.1) is 0 Å². The van der Waals surface area contributed by atoms with Crippen molar-refractivity contribution in [2.45, 2.75) is 51.4 Å². The van der Waals surface area contributed by atoms with E-state index in [0.717, 1.165) is 51.4 Å². The SMILES string of the molecule is O=C(Oc1ccc(CCCCCO)cc1)Oc1ccc(CCCCCO)cc1. The van der Waals surface area contributed by atoms with E-state index in [9.17, 15) is 4.79 Å². The second kappa shape index (κ2) is 12.9. The van der Waals surface area contributed by atoms with Gasteiger partial charge in [0.05, 0.1) is 0 Å². The van der Waals surface area contributed by atoms with E-state index in [2.05, 4.69) is 0 Å². The lowest BCUT2D eigenvalue weighted by Crippen LogP contribution is -2.13. The third-order valence-corrected chi connectivity index (χ3v) is 4.50. The quantitative estimate of drug-likeness (QED) is 0.315. The molecule has 0 heterocycles. The van der Waals surface area contributed by atoms with Crippen LogP contribution in [0.4, 0.5) is 4.79 Å². The van der Waals surface area contributed by atoms with Gasteiger partial charge < -0.3 is 19.7 Å². The van der Waals surface area contributed by atoms with Gasteiger partial charge in [0.15, 0.2) is 0 Å². The zero-order chi connectivity index (χ0) is 20.0. The first kappa shape index (κ1) is 21.9. The van der Waals surface area contributed by atoms with Gasteiger partial charge in [0.25, 0.3) is 0 Å². The molecule has 0 radical (unpaired) electrons. The number of benzene rings is 2. The summed E-state index contributed by atoms with van der Waals surface area (Å²) in [4.78, 5) is 11.9. The van der Waals surface area contributed by atoms with Crippen molar-refractivity contribution in [1.29, 1.82) is 0 Å². The minimum absolute atomic E-state index is 0.238. The zero-order valence-electron chi connectivity index (χ0n) is 16.3. The van der Waals surface area contributed by atoms with Crippen molar-refractivity contribution < 1.29 is 24.5 Å². The number of aliphatic hydroxyl groups is 2. The highest BCUT2D eigenvalue weighted by atomic mass is 16.7. The highest BCUT2D eigenvalue weighted by Crippen LogP contribution is 2.18. The number of aliphatic hydroxyl groups excluding tert-OH is 2. The van der Waals surface area contributed by atoms with Gasteiger partial charge in [0.1, 0.15) is 11.5 Å². The fourth-order valence-electron chi connectivity index (χ4n) is 2.90. The third kappa shape index (κ3) is 8.55. The first-order chi connectivity index (χ1) is 13.7. The summed E-state index contributed by atoms with van der Waals surface area (Å²) in [5.41, 5.74) is 2.35. The third-order valence-electron chi connectivity index (χ3n) is 4.50.